The molecule has 4 rings (SSSR count). The molecule has 3 nitrogen and oxygen atoms in total. The van der Waals surface area contributed by atoms with Gasteiger partial charge in [0.1, 0.15) is 5.82 Å². The number of piperidine rings is 1. The summed E-state index contributed by atoms with van der Waals surface area (Å²) in [5.74, 6) is 2.84. The van der Waals surface area contributed by atoms with Gasteiger partial charge in [0.05, 0.1) is 0 Å². The van der Waals surface area contributed by atoms with Crippen LogP contribution in [0.4, 0.5) is 0 Å². The number of aryl methyl sites for hydroxylation is 1. The van der Waals surface area contributed by atoms with E-state index in [2.05, 4.69) is 52.9 Å². The van der Waals surface area contributed by atoms with Crippen LogP contribution in [0.15, 0.2) is 36.5 Å². The smallest absolute Gasteiger partial charge is 0.111 e. The van der Waals surface area contributed by atoms with Crippen LogP contribution in [-0.2, 0) is 13.1 Å². The fourth-order valence-corrected chi connectivity index (χ4v) is 4.25. The molecule has 1 aromatic heterocycles. The Kier molecular flexibility index (Phi) is 4.70. The first-order valence-corrected chi connectivity index (χ1v) is 9.58. The first-order valence-electron chi connectivity index (χ1n) is 9.58. The maximum atomic E-state index is 4.74. The Morgan fingerprint density at radius 1 is 1.08 bits per heavy atom. The van der Waals surface area contributed by atoms with Gasteiger partial charge in [-0.15, -0.1) is 0 Å². The van der Waals surface area contributed by atoms with E-state index < -0.39 is 0 Å². The van der Waals surface area contributed by atoms with Crippen LogP contribution in [0, 0.1) is 12.8 Å². The van der Waals surface area contributed by atoms with E-state index in [1.54, 1.807) is 0 Å². The second-order valence-corrected chi connectivity index (χ2v) is 7.73. The summed E-state index contributed by atoms with van der Waals surface area (Å²) in [6.07, 6.45) is 8.81. The summed E-state index contributed by atoms with van der Waals surface area (Å²) >= 11 is 0. The van der Waals surface area contributed by atoms with Gasteiger partial charge in [0.25, 0.3) is 0 Å². The maximum Gasteiger partial charge on any atom is 0.111 e. The molecule has 0 spiro atoms. The molecule has 2 aromatic rings. The van der Waals surface area contributed by atoms with Crippen molar-refractivity contribution in [3.63, 3.8) is 0 Å². The molecule has 1 aromatic carbocycles. The van der Waals surface area contributed by atoms with Crippen molar-refractivity contribution in [1.29, 1.82) is 0 Å². The molecule has 1 saturated carbocycles. The summed E-state index contributed by atoms with van der Waals surface area (Å²) in [6.45, 7) is 6.93. The van der Waals surface area contributed by atoms with Crippen molar-refractivity contribution < 1.29 is 0 Å². The maximum absolute atomic E-state index is 4.74. The number of likely N-dealkylation sites (tertiary alicyclic amines) is 1. The topological polar surface area (TPSA) is 21.1 Å². The zero-order chi connectivity index (χ0) is 16.4. The van der Waals surface area contributed by atoms with E-state index in [1.807, 2.05) is 0 Å². The second kappa shape index (κ2) is 7.10. The lowest BCUT2D eigenvalue weighted by Gasteiger charge is -2.34. The fourth-order valence-electron chi connectivity index (χ4n) is 4.25. The van der Waals surface area contributed by atoms with Crippen LogP contribution in [0.5, 0.6) is 0 Å². The largest absolute Gasteiger partial charge is 0.332 e. The average molecular weight is 323 g/mol. The second-order valence-electron chi connectivity index (χ2n) is 7.73. The van der Waals surface area contributed by atoms with Crippen LogP contribution in [0.3, 0.4) is 0 Å². The van der Waals surface area contributed by atoms with Crippen molar-refractivity contribution in [2.24, 2.45) is 5.92 Å². The number of nitrogens with zero attached hydrogens (tertiary/aromatic N) is 3. The normalized spacial score (nSPS) is 22.5. The van der Waals surface area contributed by atoms with Crippen molar-refractivity contribution in [3.05, 3.63) is 53.6 Å². The molecule has 2 heterocycles. The molecule has 1 atom stereocenters. The molecule has 0 bridgehead atoms. The third kappa shape index (κ3) is 3.41. The van der Waals surface area contributed by atoms with Gasteiger partial charge in [-0.1, -0.05) is 36.8 Å². The fraction of sp³-hybridized carbons (Fsp3) is 0.571. The molecule has 2 aliphatic rings. The average Bonchev–Trinajstić information content (AvgIpc) is 2.88. The molecule has 1 aliphatic heterocycles. The number of aromatic nitrogens is 2. The van der Waals surface area contributed by atoms with E-state index in [-0.39, 0.29) is 0 Å². The minimum atomic E-state index is 0.725. The summed E-state index contributed by atoms with van der Waals surface area (Å²) in [7, 11) is 0. The van der Waals surface area contributed by atoms with E-state index in [0.29, 0.717) is 0 Å². The molecule has 0 radical (unpaired) electrons. The molecular weight excluding hydrogens is 294 g/mol. The number of rotatable bonds is 5. The number of benzene rings is 1. The van der Waals surface area contributed by atoms with Crippen LogP contribution >= 0.6 is 0 Å². The predicted molar refractivity (Wildman–Crippen MR) is 98.0 cm³/mol. The Morgan fingerprint density at radius 2 is 1.92 bits per heavy atom. The standard InChI is InChI=1S/C21H29N3/c1-17-13-22-21(20-10-5-11-20)24(17)16-19-9-6-12-23(15-19)14-18-7-3-2-4-8-18/h2-4,7-8,13,19-20H,5-6,9-12,14-16H2,1H3. The SMILES string of the molecule is Cc1cnc(C2CCC2)n1CC1CCCN(Cc2ccccc2)C1. The highest BCUT2D eigenvalue weighted by atomic mass is 15.1. The summed E-state index contributed by atoms with van der Waals surface area (Å²) in [5, 5.41) is 0. The molecule has 128 valence electrons. The first-order chi connectivity index (χ1) is 11.8. The van der Waals surface area contributed by atoms with Gasteiger partial charge in [0.15, 0.2) is 0 Å². The van der Waals surface area contributed by atoms with Gasteiger partial charge in [-0.25, -0.2) is 4.98 Å². The van der Waals surface area contributed by atoms with Gasteiger partial charge >= 0.3 is 0 Å². The number of imidazole rings is 1. The zero-order valence-corrected chi connectivity index (χ0v) is 14.8. The minimum Gasteiger partial charge on any atom is -0.332 e. The van der Waals surface area contributed by atoms with Gasteiger partial charge < -0.3 is 4.57 Å². The van der Waals surface area contributed by atoms with Crippen molar-refractivity contribution in [2.75, 3.05) is 13.1 Å². The highest BCUT2D eigenvalue weighted by Crippen LogP contribution is 2.36. The summed E-state index contributed by atoms with van der Waals surface area (Å²) in [6, 6.07) is 10.9. The van der Waals surface area contributed by atoms with Crippen molar-refractivity contribution in [2.45, 2.75) is 58.0 Å². The molecular formula is C21H29N3. The summed E-state index contributed by atoms with van der Waals surface area (Å²) in [5.41, 5.74) is 2.78. The van der Waals surface area contributed by atoms with Gasteiger partial charge in [0.2, 0.25) is 0 Å². The van der Waals surface area contributed by atoms with Crippen LogP contribution in [0.2, 0.25) is 0 Å². The van der Waals surface area contributed by atoms with E-state index in [4.69, 9.17) is 4.98 Å². The van der Waals surface area contributed by atoms with Gasteiger partial charge in [-0.05, 0) is 50.6 Å². The van der Waals surface area contributed by atoms with Crippen molar-refractivity contribution >= 4 is 0 Å². The van der Waals surface area contributed by atoms with Crippen LogP contribution in [0.25, 0.3) is 0 Å². The lowest BCUT2D eigenvalue weighted by Crippen LogP contribution is -2.37. The Bertz CT molecular complexity index is 657. The molecule has 1 aliphatic carbocycles. The van der Waals surface area contributed by atoms with E-state index in [1.165, 1.54) is 62.3 Å². The lowest BCUT2D eigenvalue weighted by atomic mass is 9.84. The highest BCUT2D eigenvalue weighted by Gasteiger charge is 2.27. The molecule has 0 N–H and O–H groups in total. The Hall–Kier alpha value is -1.61. The van der Waals surface area contributed by atoms with Crippen LogP contribution < -0.4 is 0 Å². The number of hydrogen-bond acceptors (Lipinski definition) is 2. The molecule has 0 amide bonds. The van der Waals surface area contributed by atoms with Gasteiger partial charge in [0, 0.05) is 37.4 Å². The Balaban J connectivity index is 1.41. The summed E-state index contributed by atoms with van der Waals surface area (Å²) < 4.78 is 2.53. The van der Waals surface area contributed by atoms with Crippen LogP contribution in [0.1, 0.15) is 55.1 Å². The first kappa shape index (κ1) is 15.9. The molecule has 24 heavy (non-hydrogen) atoms. The van der Waals surface area contributed by atoms with Crippen molar-refractivity contribution in [3.8, 4) is 0 Å². The van der Waals surface area contributed by atoms with E-state index in [9.17, 15) is 0 Å². The molecule has 1 unspecified atom stereocenters. The zero-order valence-electron chi connectivity index (χ0n) is 14.8. The summed E-state index contributed by atoms with van der Waals surface area (Å²) in [4.78, 5) is 7.38. The molecule has 1 saturated heterocycles. The quantitative estimate of drug-likeness (QED) is 0.814. The van der Waals surface area contributed by atoms with E-state index in [0.717, 1.165) is 24.9 Å². The molecule has 2 fully saturated rings. The molecule has 3 heteroatoms. The third-order valence-corrected chi connectivity index (χ3v) is 5.85. The van der Waals surface area contributed by atoms with Crippen molar-refractivity contribution in [1.82, 2.24) is 14.5 Å². The van der Waals surface area contributed by atoms with Gasteiger partial charge in [-0.3, -0.25) is 4.90 Å². The Labute approximate surface area is 145 Å². The van der Waals surface area contributed by atoms with Crippen LogP contribution in [-0.4, -0.2) is 27.5 Å². The third-order valence-electron chi connectivity index (χ3n) is 5.85. The van der Waals surface area contributed by atoms with Gasteiger partial charge in [-0.2, -0.15) is 0 Å². The Morgan fingerprint density at radius 3 is 2.67 bits per heavy atom. The monoisotopic (exact) mass is 323 g/mol. The van der Waals surface area contributed by atoms with E-state index >= 15 is 0 Å². The minimum absolute atomic E-state index is 0.725. The number of hydrogen-bond donors (Lipinski definition) is 0. The highest BCUT2D eigenvalue weighted by molar-refractivity contribution is 5.14. The lowest BCUT2D eigenvalue weighted by molar-refractivity contribution is 0.154. The predicted octanol–water partition coefficient (Wildman–Crippen LogP) is 4.37.